The van der Waals surface area contributed by atoms with Crippen LogP contribution in [0.25, 0.3) is 0 Å². The van der Waals surface area contributed by atoms with Crippen LogP contribution in [0, 0.1) is 0 Å². The number of aryl methyl sites for hydroxylation is 1. The Morgan fingerprint density at radius 2 is 2.04 bits per heavy atom. The van der Waals surface area contributed by atoms with Gasteiger partial charge in [0.2, 0.25) is 0 Å². The van der Waals surface area contributed by atoms with Gasteiger partial charge in [0.15, 0.2) is 0 Å². The predicted octanol–water partition coefficient (Wildman–Crippen LogP) is 4.04. The van der Waals surface area contributed by atoms with Crippen molar-refractivity contribution in [3.05, 3.63) is 29.3 Å². The zero-order valence-corrected chi connectivity index (χ0v) is 15.7. The van der Waals surface area contributed by atoms with Crippen LogP contribution in [0.2, 0.25) is 0 Å². The molecule has 0 saturated heterocycles. The first-order chi connectivity index (χ1) is 11.7. The molecular weight excluding hydrogens is 320 g/mol. The van der Waals surface area contributed by atoms with Gasteiger partial charge in [-0.1, -0.05) is 13.0 Å². The standard InChI is InChI=1S/C19H28N2O4/c1-6-11-21(5)18(23)24-14-9-7-13-8-10-16(15(13)12-14)20-17(22)25-19(2,3)4/h7,9,12,16H,6,8,10-11H2,1-5H3,(H,20,22)/t16-/m0/s1. The number of benzene rings is 1. The van der Waals surface area contributed by atoms with E-state index in [4.69, 9.17) is 9.47 Å². The Morgan fingerprint density at radius 3 is 2.68 bits per heavy atom. The molecule has 2 rings (SSSR count). The summed E-state index contributed by atoms with van der Waals surface area (Å²) < 4.78 is 10.8. The second-order valence-electron chi connectivity index (χ2n) is 7.39. The minimum Gasteiger partial charge on any atom is -0.444 e. The maximum Gasteiger partial charge on any atom is 0.414 e. The minimum absolute atomic E-state index is 0.128. The number of carbonyl (C=O) groups excluding carboxylic acids is 2. The summed E-state index contributed by atoms with van der Waals surface area (Å²) in [5.41, 5.74) is 1.60. The van der Waals surface area contributed by atoms with Crippen molar-refractivity contribution >= 4 is 12.2 Å². The van der Waals surface area contributed by atoms with Gasteiger partial charge in [0, 0.05) is 13.6 Å². The Hall–Kier alpha value is -2.24. The zero-order valence-electron chi connectivity index (χ0n) is 15.7. The SMILES string of the molecule is CCCN(C)C(=O)Oc1ccc2c(c1)[C@@H](NC(=O)OC(C)(C)C)CC2. The van der Waals surface area contributed by atoms with Crippen LogP contribution in [0.3, 0.4) is 0 Å². The van der Waals surface area contributed by atoms with Crippen molar-refractivity contribution in [2.45, 2.75) is 58.6 Å². The Balaban J connectivity index is 2.05. The van der Waals surface area contributed by atoms with Crippen molar-refractivity contribution < 1.29 is 19.1 Å². The first-order valence-electron chi connectivity index (χ1n) is 8.75. The molecule has 6 heteroatoms. The molecule has 1 aliphatic rings. The van der Waals surface area contributed by atoms with Crippen LogP contribution in [-0.4, -0.2) is 36.3 Å². The Morgan fingerprint density at radius 1 is 1.32 bits per heavy atom. The molecule has 6 nitrogen and oxygen atoms in total. The normalized spacial score (nSPS) is 16.1. The van der Waals surface area contributed by atoms with Crippen molar-refractivity contribution in [2.24, 2.45) is 0 Å². The van der Waals surface area contributed by atoms with Gasteiger partial charge >= 0.3 is 12.2 Å². The highest BCUT2D eigenvalue weighted by Crippen LogP contribution is 2.34. The molecular formula is C19H28N2O4. The van der Waals surface area contributed by atoms with Crippen molar-refractivity contribution in [3.8, 4) is 5.75 Å². The van der Waals surface area contributed by atoms with Crippen molar-refractivity contribution in [1.29, 1.82) is 0 Å². The first kappa shape index (κ1) is 19.1. The second-order valence-corrected chi connectivity index (χ2v) is 7.39. The Bertz CT molecular complexity index is 637. The predicted molar refractivity (Wildman–Crippen MR) is 95.8 cm³/mol. The van der Waals surface area contributed by atoms with E-state index in [1.54, 1.807) is 18.0 Å². The summed E-state index contributed by atoms with van der Waals surface area (Å²) in [6, 6.07) is 5.46. The average Bonchev–Trinajstić information content (AvgIpc) is 2.88. The third-order valence-corrected chi connectivity index (χ3v) is 3.96. The number of fused-ring (bicyclic) bond motifs is 1. The topological polar surface area (TPSA) is 67.9 Å². The molecule has 0 heterocycles. The molecule has 138 valence electrons. The van der Waals surface area contributed by atoms with Gasteiger partial charge in [0.05, 0.1) is 6.04 Å². The van der Waals surface area contributed by atoms with Gasteiger partial charge in [-0.25, -0.2) is 9.59 Å². The maximum atomic E-state index is 12.0. The van der Waals surface area contributed by atoms with E-state index in [0.29, 0.717) is 12.3 Å². The lowest BCUT2D eigenvalue weighted by atomic mass is 10.1. The van der Waals surface area contributed by atoms with E-state index >= 15 is 0 Å². The van der Waals surface area contributed by atoms with Crippen LogP contribution in [0.1, 0.15) is 57.7 Å². The number of ether oxygens (including phenoxy) is 2. The molecule has 0 bridgehead atoms. The van der Waals surface area contributed by atoms with Crippen molar-refractivity contribution in [3.63, 3.8) is 0 Å². The van der Waals surface area contributed by atoms with E-state index in [0.717, 1.165) is 30.4 Å². The molecule has 0 fully saturated rings. The first-order valence-corrected chi connectivity index (χ1v) is 8.75. The molecule has 0 aliphatic heterocycles. The van der Waals surface area contributed by atoms with Crippen LogP contribution < -0.4 is 10.1 Å². The number of carbonyl (C=O) groups is 2. The molecule has 0 spiro atoms. The molecule has 25 heavy (non-hydrogen) atoms. The van der Waals surface area contributed by atoms with Gasteiger partial charge in [-0.3, -0.25) is 0 Å². The molecule has 1 atom stereocenters. The summed E-state index contributed by atoms with van der Waals surface area (Å²) in [6.07, 6.45) is 1.74. The van der Waals surface area contributed by atoms with Gasteiger partial charge in [-0.05, 0) is 63.3 Å². The summed E-state index contributed by atoms with van der Waals surface area (Å²) >= 11 is 0. The summed E-state index contributed by atoms with van der Waals surface area (Å²) in [5, 5.41) is 2.90. The number of alkyl carbamates (subject to hydrolysis) is 1. The maximum absolute atomic E-state index is 12.0. The Labute approximate surface area is 149 Å². The molecule has 1 aromatic rings. The highest BCUT2D eigenvalue weighted by atomic mass is 16.6. The largest absolute Gasteiger partial charge is 0.444 e. The van der Waals surface area contributed by atoms with E-state index < -0.39 is 11.7 Å². The van der Waals surface area contributed by atoms with Crippen LogP contribution in [-0.2, 0) is 11.2 Å². The number of hydrogen-bond acceptors (Lipinski definition) is 4. The van der Waals surface area contributed by atoms with Crippen LogP contribution in [0.4, 0.5) is 9.59 Å². The van der Waals surface area contributed by atoms with E-state index in [1.807, 2.05) is 39.8 Å². The molecule has 1 N–H and O–H groups in total. The van der Waals surface area contributed by atoms with Crippen LogP contribution in [0.15, 0.2) is 18.2 Å². The highest BCUT2D eigenvalue weighted by Gasteiger charge is 2.27. The van der Waals surface area contributed by atoms with Crippen LogP contribution >= 0.6 is 0 Å². The lowest BCUT2D eigenvalue weighted by Crippen LogP contribution is -2.34. The van der Waals surface area contributed by atoms with Gasteiger partial charge < -0.3 is 19.7 Å². The van der Waals surface area contributed by atoms with Gasteiger partial charge in [-0.2, -0.15) is 0 Å². The zero-order chi connectivity index (χ0) is 18.6. The van der Waals surface area contributed by atoms with Crippen molar-refractivity contribution in [2.75, 3.05) is 13.6 Å². The highest BCUT2D eigenvalue weighted by molar-refractivity contribution is 5.71. The Kier molecular flexibility index (Phi) is 5.93. The molecule has 0 radical (unpaired) electrons. The number of nitrogens with zero attached hydrogens (tertiary/aromatic N) is 1. The van der Waals surface area contributed by atoms with Gasteiger partial charge in [0.1, 0.15) is 11.4 Å². The number of nitrogens with one attached hydrogen (secondary N) is 1. The number of rotatable bonds is 4. The number of amides is 2. The lowest BCUT2D eigenvalue weighted by Gasteiger charge is -2.22. The molecule has 0 aromatic heterocycles. The fourth-order valence-corrected chi connectivity index (χ4v) is 2.85. The lowest BCUT2D eigenvalue weighted by molar-refractivity contribution is 0.0503. The molecule has 0 saturated carbocycles. The van der Waals surface area contributed by atoms with E-state index in [2.05, 4.69) is 5.32 Å². The molecule has 2 amide bonds. The molecule has 0 unspecified atom stereocenters. The van der Waals surface area contributed by atoms with E-state index in [1.165, 1.54) is 0 Å². The smallest absolute Gasteiger partial charge is 0.414 e. The molecule has 1 aliphatic carbocycles. The molecule has 1 aromatic carbocycles. The van der Waals surface area contributed by atoms with Crippen LogP contribution in [0.5, 0.6) is 5.75 Å². The third kappa shape index (κ3) is 5.37. The summed E-state index contributed by atoms with van der Waals surface area (Å²) in [7, 11) is 1.71. The summed E-state index contributed by atoms with van der Waals surface area (Å²) in [4.78, 5) is 25.6. The number of hydrogen-bond donors (Lipinski definition) is 1. The minimum atomic E-state index is -0.535. The van der Waals surface area contributed by atoms with Gasteiger partial charge in [-0.15, -0.1) is 0 Å². The second kappa shape index (κ2) is 7.76. The monoisotopic (exact) mass is 348 g/mol. The fourth-order valence-electron chi connectivity index (χ4n) is 2.85. The summed E-state index contributed by atoms with van der Waals surface area (Å²) in [5.74, 6) is 0.490. The fraction of sp³-hybridized carbons (Fsp3) is 0.579. The quantitative estimate of drug-likeness (QED) is 0.892. The van der Waals surface area contributed by atoms with E-state index in [-0.39, 0.29) is 12.1 Å². The van der Waals surface area contributed by atoms with Gasteiger partial charge in [0.25, 0.3) is 0 Å². The van der Waals surface area contributed by atoms with E-state index in [9.17, 15) is 9.59 Å². The van der Waals surface area contributed by atoms with Crippen molar-refractivity contribution in [1.82, 2.24) is 10.2 Å². The third-order valence-electron chi connectivity index (χ3n) is 3.96. The summed E-state index contributed by atoms with van der Waals surface area (Å²) in [6.45, 7) is 8.15. The average molecular weight is 348 g/mol.